The Morgan fingerprint density at radius 2 is 1.71 bits per heavy atom. The third-order valence-electron chi connectivity index (χ3n) is 6.30. The fraction of sp³-hybridized carbons (Fsp3) is 0.241. The summed E-state index contributed by atoms with van der Waals surface area (Å²) in [5.74, 6) is 0.808. The minimum Gasteiger partial charge on any atom is -0.481 e. The van der Waals surface area contributed by atoms with E-state index in [0.29, 0.717) is 35.0 Å². The van der Waals surface area contributed by atoms with E-state index in [4.69, 9.17) is 38.3 Å². The lowest BCUT2D eigenvalue weighted by Gasteiger charge is -2.24. The molecule has 3 N–H and O–H groups in total. The number of rotatable bonds is 7. The summed E-state index contributed by atoms with van der Waals surface area (Å²) in [5, 5.41) is 9.04. The van der Waals surface area contributed by atoms with Gasteiger partial charge >= 0.3 is 11.9 Å². The molecule has 1 fully saturated rings. The molecule has 2 atom stereocenters. The Morgan fingerprint density at radius 3 is 2.29 bits per heavy atom. The molecular weight excluding hydrogens is 558 g/mol. The van der Waals surface area contributed by atoms with Gasteiger partial charge in [0.15, 0.2) is 5.60 Å². The number of aromatic nitrogens is 3. The molecule has 1 aliphatic heterocycles. The van der Waals surface area contributed by atoms with Crippen LogP contribution in [0.1, 0.15) is 30.2 Å². The Hall–Kier alpha value is -4.53. The molecule has 1 saturated heterocycles. The monoisotopic (exact) mass is 582 g/mol. The number of benzene rings is 2. The normalized spacial score (nSPS) is 17.9. The van der Waals surface area contributed by atoms with Gasteiger partial charge in [-0.1, -0.05) is 30.2 Å². The Kier molecular flexibility index (Phi) is 9.17. The van der Waals surface area contributed by atoms with Crippen LogP contribution in [0.2, 0.25) is 5.28 Å². The van der Waals surface area contributed by atoms with Gasteiger partial charge in [-0.25, -0.2) is 13.8 Å². The summed E-state index contributed by atoms with van der Waals surface area (Å²) in [6, 6.07) is 12.9. The maximum Gasteiger partial charge on any atom is 0.310 e. The zero-order valence-corrected chi connectivity index (χ0v) is 22.4. The molecular formula is C29H25ClF2N4O5. The number of terminal acetylenes is 1. The first-order chi connectivity index (χ1) is 19.6. The molecule has 0 spiro atoms. The zero-order chi connectivity index (χ0) is 29.6. The molecule has 41 heavy (non-hydrogen) atoms. The topological polar surface area (TPSA) is 130 Å². The Balaban J connectivity index is 0.000000296. The van der Waals surface area contributed by atoms with E-state index in [1.807, 2.05) is 0 Å². The molecule has 212 valence electrons. The highest BCUT2D eigenvalue weighted by atomic mass is 35.5. The van der Waals surface area contributed by atoms with Crippen molar-refractivity contribution in [3.05, 3.63) is 88.8 Å². The van der Waals surface area contributed by atoms with Crippen molar-refractivity contribution in [2.75, 3.05) is 12.3 Å². The van der Waals surface area contributed by atoms with Crippen molar-refractivity contribution in [3.8, 4) is 12.3 Å². The highest BCUT2D eigenvalue weighted by Crippen LogP contribution is 2.38. The first-order valence-electron chi connectivity index (χ1n) is 12.4. The largest absolute Gasteiger partial charge is 0.481 e. The molecule has 2 aromatic carbocycles. The number of nitrogens with two attached hydrogens (primary N) is 1. The minimum atomic E-state index is -1.05. The van der Waals surface area contributed by atoms with E-state index in [1.54, 1.807) is 16.8 Å². The number of nitrogens with zero attached hydrogens (tertiary/aromatic N) is 3. The molecule has 4 aromatic rings. The third-order valence-corrected chi connectivity index (χ3v) is 6.47. The molecule has 12 heteroatoms. The first-order valence-corrected chi connectivity index (χ1v) is 12.8. The van der Waals surface area contributed by atoms with E-state index in [2.05, 4.69) is 15.9 Å². The number of hydrogen-bond donors (Lipinski definition) is 2. The van der Waals surface area contributed by atoms with Gasteiger partial charge in [0.1, 0.15) is 35.9 Å². The van der Waals surface area contributed by atoms with Gasteiger partial charge in [-0.2, -0.15) is 4.98 Å². The highest BCUT2D eigenvalue weighted by molar-refractivity contribution is 6.28. The molecule has 2 unspecified atom stereocenters. The van der Waals surface area contributed by atoms with E-state index >= 15 is 0 Å². The van der Waals surface area contributed by atoms with E-state index in [9.17, 15) is 18.4 Å². The van der Waals surface area contributed by atoms with Gasteiger partial charge in [-0.05, 0) is 65.9 Å². The van der Waals surface area contributed by atoms with Crippen LogP contribution in [0.5, 0.6) is 0 Å². The predicted octanol–water partition coefficient (Wildman–Crippen LogP) is 4.73. The molecule has 9 nitrogen and oxygen atoms in total. The van der Waals surface area contributed by atoms with E-state index in [1.165, 1.54) is 48.5 Å². The van der Waals surface area contributed by atoms with Gasteiger partial charge in [0.2, 0.25) is 5.28 Å². The van der Waals surface area contributed by atoms with Crippen LogP contribution >= 0.6 is 11.6 Å². The number of fused-ring (bicyclic) bond motifs is 1. The number of esters is 1. The molecule has 0 amide bonds. The van der Waals surface area contributed by atoms with Crippen LogP contribution in [0.4, 0.5) is 14.6 Å². The number of nitrogen functional groups attached to an aromatic ring is 1. The van der Waals surface area contributed by atoms with Crippen molar-refractivity contribution in [1.29, 1.82) is 0 Å². The summed E-state index contributed by atoms with van der Waals surface area (Å²) in [4.78, 5) is 30.5. The van der Waals surface area contributed by atoms with Gasteiger partial charge < -0.3 is 24.9 Å². The second-order valence-corrected chi connectivity index (χ2v) is 9.59. The van der Waals surface area contributed by atoms with E-state index < -0.39 is 23.8 Å². The van der Waals surface area contributed by atoms with Gasteiger partial charge in [0.05, 0.1) is 18.2 Å². The van der Waals surface area contributed by atoms with Crippen molar-refractivity contribution < 1.29 is 33.0 Å². The second kappa shape index (κ2) is 12.8. The summed E-state index contributed by atoms with van der Waals surface area (Å²) >= 11 is 5.94. The fourth-order valence-corrected chi connectivity index (χ4v) is 4.41. The van der Waals surface area contributed by atoms with Crippen LogP contribution in [-0.2, 0) is 31.9 Å². The van der Waals surface area contributed by atoms with Crippen LogP contribution in [0, 0.1) is 24.0 Å². The smallest absolute Gasteiger partial charge is 0.310 e. The van der Waals surface area contributed by atoms with Crippen LogP contribution in [0.25, 0.3) is 11.0 Å². The van der Waals surface area contributed by atoms with E-state index in [0.717, 1.165) is 0 Å². The predicted molar refractivity (Wildman–Crippen MR) is 147 cm³/mol. The average molecular weight is 583 g/mol. The lowest BCUT2D eigenvalue weighted by molar-refractivity contribution is -0.151. The van der Waals surface area contributed by atoms with Gasteiger partial charge in [-0.3, -0.25) is 9.59 Å². The number of hydrogen-bond acceptors (Lipinski definition) is 7. The molecule has 5 rings (SSSR count). The van der Waals surface area contributed by atoms with Crippen molar-refractivity contribution >= 4 is 40.4 Å². The minimum absolute atomic E-state index is 0.0152. The third kappa shape index (κ3) is 7.57. The van der Waals surface area contributed by atoms with Gasteiger partial charge in [-0.15, -0.1) is 6.42 Å². The standard InChI is InChI=1S/C21H18ClFN4O3.C8H7FO2/c1-2-21(12-29-17(28)11-13-3-5-14(23)6-4-13)9-7-16(30-21)27-10-8-15-18(24)25-20(22)26-19(15)27;9-7-3-1-6(2-4-7)5-8(10)11/h1,3-6,8,10,16H,7,9,11-12H2,(H2,24,25,26);1-4H,5H2,(H,10,11). The van der Waals surface area contributed by atoms with E-state index in [-0.39, 0.29) is 42.2 Å². The maximum absolute atomic E-state index is 13.0. The van der Waals surface area contributed by atoms with Crippen LogP contribution in [0.15, 0.2) is 60.8 Å². The average Bonchev–Trinajstić information content (AvgIpc) is 3.55. The Morgan fingerprint density at radius 1 is 1.10 bits per heavy atom. The number of carboxylic acid groups (broad SMARTS) is 1. The number of aliphatic carboxylic acids is 1. The molecule has 2 aromatic heterocycles. The molecule has 3 heterocycles. The number of anilines is 1. The second-order valence-electron chi connectivity index (χ2n) is 9.25. The van der Waals surface area contributed by atoms with Crippen LogP contribution < -0.4 is 5.73 Å². The summed E-state index contributed by atoms with van der Waals surface area (Å²) in [6.07, 6.45) is 8.12. The lowest BCUT2D eigenvalue weighted by Crippen LogP contribution is -2.34. The summed E-state index contributed by atoms with van der Waals surface area (Å²) < 4.78 is 38.5. The highest BCUT2D eigenvalue weighted by Gasteiger charge is 2.41. The van der Waals surface area contributed by atoms with Gasteiger partial charge in [0, 0.05) is 6.20 Å². The molecule has 0 radical (unpaired) electrons. The summed E-state index contributed by atoms with van der Waals surface area (Å²) in [5.41, 5.74) is 6.65. The van der Waals surface area contributed by atoms with Crippen LogP contribution in [0.3, 0.4) is 0 Å². The molecule has 0 aliphatic carbocycles. The SMILES string of the molecule is C#CC1(COC(=O)Cc2ccc(F)cc2)CCC(n2ccc3c(N)nc(Cl)nc32)O1.O=C(O)Cc1ccc(F)cc1. The molecule has 1 aliphatic rings. The molecule has 0 bridgehead atoms. The number of carbonyl (C=O) groups is 2. The fourth-order valence-electron chi connectivity index (χ4n) is 4.24. The zero-order valence-electron chi connectivity index (χ0n) is 21.6. The first kappa shape index (κ1) is 29.5. The van der Waals surface area contributed by atoms with Crippen molar-refractivity contribution in [2.24, 2.45) is 0 Å². The number of ether oxygens (including phenoxy) is 2. The van der Waals surface area contributed by atoms with Gasteiger partial charge in [0.25, 0.3) is 0 Å². The number of halogens is 3. The lowest BCUT2D eigenvalue weighted by atomic mass is 10.0. The molecule has 0 saturated carbocycles. The van der Waals surface area contributed by atoms with Crippen molar-refractivity contribution in [1.82, 2.24) is 14.5 Å². The quantitative estimate of drug-likeness (QED) is 0.182. The number of carboxylic acids is 1. The van der Waals surface area contributed by atoms with Crippen LogP contribution in [-0.4, -0.2) is 43.8 Å². The maximum atomic E-state index is 13.0. The summed E-state index contributed by atoms with van der Waals surface area (Å²) in [7, 11) is 0. The Labute approximate surface area is 238 Å². The Bertz CT molecular complexity index is 1590. The van der Waals surface area contributed by atoms with Crippen molar-refractivity contribution in [2.45, 2.75) is 37.5 Å². The number of carbonyl (C=O) groups excluding carboxylic acids is 1. The van der Waals surface area contributed by atoms with Crippen molar-refractivity contribution in [3.63, 3.8) is 0 Å². The summed E-state index contributed by atoms with van der Waals surface area (Å²) in [6.45, 7) is -0.0862.